The topological polar surface area (TPSA) is 66.4 Å². The molecule has 20 heavy (non-hydrogen) atoms. The molecule has 0 radical (unpaired) electrons. The first kappa shape index (κ1) is 16.4. The summed E-state index contributed by atoms with van der Waals surface area (Å²) in [5, 5.41) is 11.6. The van der Waals surface area contributed by atoms with Crippen molar-refractivity contribution in [3.05, 3.63) is 47.0 Å². The molecule has 0 heterocycles. The highest BCUT2D eigenvalue weighted by molar-refractivity contribution is 9.10. The number of aryl methyl sites for hydroxylation is 1. The number of benzene rings is 1. The lowest BCUT2D eigenvalue weighted by Gasteiger charge is -2.13. The van der Waals surface area contributed by atoms with Crippen LogP contribution in [0.4, 0.5) is 0 Å². The van der Waals surface area contributed by atoms with E-state index in [0.717, 1.165) is 10.0 Å². The highest BCUT2D eigenvalue weighted by Gasteiger charge is 2.18. The van der Waals surface area contributed by atoms with Crippen LogP contribution >= 0.6 is 15.9 Å². The second-order valence-corrected chi connectivity index (χ2v) is 5.27. The van der Waals surface area contributed by atoms with E-state index in [0.29, 0.717) is 19.3 Å². The summed E-state index contributed by atoms with van der Waals surface area (Å²) in [6, 6.07) is 6.81. The number of carbonyl (C=O) groups excluding carboxylic acids is 1. The van der Waals surface area contributed by atoms with E-state index in [4.69, 9.17) is 5.11 Å². The third kappa shape index (κ3) is 5.57. The zero-order chi connectivity index (χ0) is 15.0. The third-order valence-electron chi connectivity index (χ3n) is 2.87. The molecule has 108 valence electrons. The van der Waals surface area contributed by atoms with Crippen molar-refractivity contribution in [3.63, 3.8) is 0 Å². The number of hydrogen-bond acceptors (Lipinski definition) is 2. The zero-order valence-corrected chi connectivity index (χ0v) is 12.7. The molecule has 0 spiro atoms. The van der Waals surface area contributed by atoms with Crippen molar-refractivity contribution in [3.8, 4) is 0 Å². The zero-order valence-electron chi connectivity index (χ0n) is 11.1. The van der Waals surface area contributed by atoms with E-state index in [2.05, 4.69) is 27.8 Å². The maximum Gasteiger partial charge on any atom is 0.326 e. The molecular weight excluding hydrogens is 322 g/mol. The smallest absolute Gasteiger partial charge is 0.326 e. The summed E-state index contributed by atoms with van der Waals surface area (Å²) in [5.74, 6) is -1.27. The lowest BCUT2D eigenvalue weighted by molar-refractivity contribution is -0.142. The van der Waals surface area contributed by atoms with Gasteiger partial charge in [-0.15, -0.1) is 6.58 Å². The van der Waals surface area contributed by atoms with Crippen LogP contribution in [0.1, 0.15) is 24.8 Å². The number of carboxylic acids is 1. The lowest BCUT2D eigenvalue weighted by atomic mass is 10.1. The Morgan fingerprint density at radius 2 is 2.10 bits per heavy atom. The summed E-state index contributed by atoms with van der Waals surface area (Å²) in [5.41, 5.74) is 1.03. The first-order valence-corrected chi connectivity index (χ1v) is 7.20. The fourth-order valence-corrected chi connectivity index (χ4v) is 2.24. The van der Waals surface area contributed by atoms with Crippen molar-refractivity contribution in [1.82, 2.24) is 5.32 Å². The summed E-state index contributed by atoms with van der Waals surface area (Å²) in [7, 11) is 0. The van der Waals surface area contributed by atoms with Gasteiger partial charge in [0.15, 0.2) is 0 Å². The normalized spacial score (nSPS) is 11.7. The minimum Gasteiger partial charge on any atom is -0.480 e. The molecule has 1 aromatic carbocycles. The second kappa shape index (κ2) is 8.53. The van der Waals surface area contributed by atoms with Gasteiger partial charge in [-0.2, -0.15) is 0 Å². The number of aliphatic carboxylic acids is 1. The average molecular weight is 340 g/mol. The number of halogens is 1. The molecule has 4 nitrogen and oxygen atoms in total. The Balaban J connectivity index is 2.48. The van der Waals surface area contributed by atoms with Gasteiger partial charge >= 0.3 is 5.97 Å². The van der Waals surface area contributed by atoms with Crippen LogP contribution in [0, 0.1) is 0 Å². The molecule has 0 bridgehead atoms. The predicted molar refractivity (Wildman–Crippen MR) is 81.5 cm³/mol. The number of hydrogen-bond donors (Lipinski definition) is 2. The van der Waals surface area contributed by atoms with Gasteiger partial charge in [-0.1, -0.05) is 40.2 Å². The predicted octanol–water partition coefficient (Wildman–Crippen LogP) is 2.92. The van der Waals surface area contributed by atoms with Crippen molar-refractivity contribution in [1.29, 1.82) is 0 Å². The fourth-order valence-electron chi connectivity index (χ4n) is 1.76. The highest BCUT2D eigenvalue weighted by Crippen LogP contribution is 2.17. The van der Waals surface area contributed by atoms with Crippen LogP contribution in [0.2, 0.25) is 0 Å². The van der Waals surface area contributed by atoms with Gasteiger partial charge in [-0.05, 0) is 30.9 Å². The molecular formula is C15H18BrNO3. The Labute approximate surface area is 127 Å². The first-order chi connectivity index (χ1) is 9.54. The Morgan fingerprint density at radius 3 is 2.70 bits per heavy atom. The van der Waals surface area contributed by atoms with Gasteiger partial charge < -0.3 is 10.4 Å². The van der Waals surface area contributed by atoms with Gasteiger partial charge in [0, 0.05) is 10.9 Å². The SMILES string of the molecule is C=CCCC(NC(=O)CCc1ccccc1Br)C(=O)O. The summed E-state index contributed by atoms with van der Waals surface area (Å²) in [4.78, 5) is 22.8. The van der Waals surface area contributed by atoms with Gasteiger partial charge in [-0.3, -0.25) is 4.79 Å². The Bertz CT molecular complexity index is 488. The van der Waals surface area contributed by atoms with E-state index < -0.39 is 12.0 Å². The van der Waals surface area contributed by atoms with Crippen molar-refractivity contribution in [2.75, 3.05) is 0 Å². The molecule has 0 fully saturated rings. The molecule has 1 amide bonds. The maximum atomic E-state index is 11.8. The molecule has 1 atom stereocenters. The number of carboxylic acid groups (broad SMARTS) is 1. The van der Waals surface area contributed by atoms with Crippen LogP contribution in [0.25, 0.3) is 0 Å². The van der Waals surface area contributed by atoms with Gasteiger partial charge in [0.05, 0.1) is 0 Å². The van der Waals surface area contributed by atoms with Crippen molar-refractivity contribution >= 4 is 27.8 Å². The number of carbonyl (C=O) groups is 2. The fraction of sp³-hybridized carbons (Fsp3) is 0.333. The van der Waals surface area contributed by atoms with E-state index in [1.807, 2.05) is 24.3 Å². The number of nitrogens with one attached hydrogen (secondary N) is 1. The molecule has 1 rings (SSSR count). The Kier molecular flexibility index (Phi) is 7.01. The van der Waals surface area contributed by atoms with Gasteiger partial charge in [0.25, 0.3) is 0 Å². The van der Waals surface area contributed by atoms with Crippen LogP contribution in [-0.4, -0.2) is 23.0 Å². The number of allylic oxidation sites excluding steroid dienone is 1. The van der Waals surface area contributed by atoms with Crippen molar-refractivity contribution < 1.29 is 14.7 Å². The largest absolute Gasteiger partial charge is 0.480 e. The molecule has 0 saturated carbocycles. The van der Waals surface area contributed by atoms with Crippen LogP contribution in [0.3, 0.4) is 0 Å². The van der Waals surface area contributed by atoms with Crippen LogP contribution in [0.15, 0.2) is 41.4 Å². The molecule has 5 heteroatoms. The minimum absolute atomic E-state index is 0.253. The van der Waals surface area contributed by atoms with Crippen LogP contribution < -0.4 is 5.32 Å². The second-order valence-electron chi connectivity index (χ2n) is 4.42. The van der Waals surface area contributed by atoms with Crippen LogP contribution in [-0.2, 0) is 16.0 Å². The lowest BCUT2D eigenvalue weighted by Crippen LogP contribution is -2.40. The molecule has 0 aromatic heterocycles. The van der Waals surface area contributed by atoms with Crippen molar-refractivity contribution in [2.24, 2.45) is 0 Å². The van der Waals surface area contributed by atoms with E-state index in [1.165, 1.54) is 0 Å². The molecule has 0 saturated heterocycles. The van der Waals surface area contributed by atoms with Crippen LogP contribution in [0.5, 0.6) is 0 Å². The minimum atomic E-state index is -1.01. The Morgan fingerprint density at radius 1 is 1.40 bits per heavy atom. The molecule has 1 unspecified atom stereocenters. The number of amides is 1. The Hall–Kier alpha value is -1.62. The van der Waals surface area contributed by atoms with Gasteiger partial charge in [0.1, 0.15) is 6.04 Å². The molecule has 0 aliphatic heterocycles. The first-order valence-electron chi connectivity index (χ1n) is 6.41. The van der Waals surface area contributed by atoms with Gasteiger partial charge in [0.2, 0.25) is 5.91 Å². The monoisotopic (exact) mass is 339 g/mol. The van der Waals surface area contributed by atoms with E-state index in [9.17, 15) is 9.59 Å². The number of rotatable bonds is 8. The van der Waals surface area contributed by atoms with Crippen molar-refractivity contribution in [2.45, 2.75) is 31.7 Å². The summed E-state index contributed by atoms with van der Waals surface area (Å²) in [6.07, 6.45) is 3.39. The van der Waals surface area contributed by atoms with E-state index in [1.54, 1.807) is 6.08 Å². The standard InChI is InChI=1S/C15H18BrNO3/c1-2-3-8-13(15(19)20)17-14(18)10-9-11-6-4-5-7-12(11)16/h2,4-7,13H,1,3,8-10H2,(H,17,18)(H,19,20). The molecule has 2 N–H and O–H groups in total. The summed E-state index contributed by atoms with van der Waals surface area (Å²) < 4.78 is 0.953. The third-order valence-corrected chi connectivity index (χ3v) is 3.65. The molecule has 0 aliphatic rings. The quantitative estimate of drug-likeness (QED) is 0.715. The maximum absolute atomic E-state index is 11.8. The summed E-state index contributed by atoms with van der Waals surface area (Å²) in [6.45, 7) is 3.55. The molecule has 0 aliphatic carbocycles. The van der Waals surface area contributed by atoms with E-state index >= 15 is 0 Å². The van der Waals surface area contributed by atoms with E-state index in [-0.39, 0.29) is 12.3 Å². The molecule has 1 aromatic rings. The average Bonchev–Trinajstić information content (AvgIpc) is 2.42. The summed E-state index contributed by atoms with van der Waals surface area (Å²) >= 11 is 3.42. The van der Waals surface area contributed by atoms with Gasteiger partial charge in [-0.25, -0.2) is 4.79 Å². The highest BCUT2D eigenvalue weighted by atomic mass is 79.9.